The maximum atomic E-state index is 12.7. The van der Waals surface area contributed by atoms with E-state index in [4.69, 9.17) is 33.2 Å². The minimum Gasteiger partial charge on any atom is -0.496 e. The highest BCUT2D eigenvalue weighted by Gasteiger charge is 2.20. The SMILES string of the molecule is COc1ccc(N=Nc2c(-c3cc(OC)c(OC)c(OC)c3)[nH][nH]c2=O)cc1-c1cc(OC)c(OC)c(OC)c1. The van der Waals surface area contributed by atoms with E-state index < -0.39 is 5.56 Å². The van der Waals surface area contributed by atoms with Crippen LogP contribution in [0.5, 0.6) is 40.2 Å². The molecular weight excluding hydrogens is 520 g/mol. The van der Waals surface area contributed by atoms with Gasteiger partial charge >= 0.3 is 0 Å². The number of ether oxygens (including phenoxy) is 7. The number of aromatic amines is 2. The summed E-state index contributed by atoms with van der Waals surface area (Å²) in [5.41, 5.74) is 2.50. The first-order valence-electron chi connectivity index (χ1n) is 11.9. The van der Waals surface area contributed by atoms with Crippen molar-refractivity contribution < 1.29 is 33.2 Å². The summed E-state index contributed by atoms with van der Waals surface area (Å²) in [7, 11) is 10.7. The molecule has 12 heteroatoms. The third-order valence-electron chi connectivity index (χ3n) is 6.13. The molecule has 40 heavy (non-hydrogen) atoms. The molecule has 0 aliphatic carbocycles. The number of hydrogen-bond acceptors (Lipinski definition) is 10. The number of methoxy groups -OCH3 is 7. The highest BCUT2D eigenvalue weighted by atomic mass is 16.5. The molecule has 0 aliphatic rings. The van der Waals surface area contributed by atoms with Crippen molar-refractivity contribution in [2.45, 2.75) is 0 Å². The summed E-state index contributed by atoms with van der Waals surface area (Å²) in [6.07, 6.45) is 0. The van der Waals surface area contributed by atoms with E-state index in [0.29, 0.717) is 62.8 Å². The molecule has 0 amide bonds. The first-order valence-corrected chi connectivity index (χ1v) is 11.9. The Morgan fingerprint density at radius 2 is 1.05 bits per heavy atom. The average Bonchev–Trinajstić information content (AvgIpc) is 3.37. The fourth-order valence-corrected chi connectivity index (χ4v) is 4.21. The Morgan fingerprint density at radius 3 is 1.52 bits per heavy atom. The zero-order chi connectivity index (χ0) is 28.8. The Bertz CT molecular complexity index is 1540. The van der Waals surface area contributed by atoms with Gasteiger partial charge in [0.2, 0.25) is 11.5 Å². The van der Waals surface area contributed by atoms with Crippen LogP contribution in [0.3, 0.4) is 0 Å². The lowest BCUT2D eigenvalue weighted by atomic mass is 10.0. The number of azo groups is 1. The number of aromatic nitrogens is 2. The number of benzene rings is 3. The van der Waals surface area contributed by atoms with Crippen molar-refractivity contribution >= 4 is 11.4 Å². The van der Waals surface area contributed by atoms with E-state index in [-0.39, 0.29) is 5.69 Å². The topological polar surface area (TPSA) is 138 Å². The lowest BCUT2D eigenvalue weighted by Crippen LogP contribution is -1.97. The normalized spacial score (nSPS) is 10.9. The molecule has 0 unspecified atom stereocenters. The van der Waals surface area contributed by atoms with Crippen LogP contribution in [0.1, 0.15) is 0 Å². The molecule has 12 nitrogen and oxygen atoms in total. The van der Waals surface area contributed by atoms with E-state index in [1.165, 1.54) is 28.4 Å². The van der Waals surface area contributed by atoms with Crippen LogP contribution in [0.2, 0.25) is 0 Å². The van der Waals surface area contributed by atoms with Gasteiger partial charge in [-0.05, 0) is 48.0 Å². The van der Waals surface area contributed by atoms with Crippen molar-refractivity contribution in [3.8, 4) is 62.6 Å². The van der Waals surface area contributed by atoms with Crippen molar-refractivity contribution in [2.24, 2.45) is 10.2 Å². The van der Waals surface area contributed by atoms with Crippen LogP contribution in [0.25, 0.3) is 22.4 Å². The third kappa shape index (κ3) is 5.23. The number of hydrogen-bond donors (Lipinski definition) is 2. The van der Waals surface area contributed by atoms with E-state index in [1.807, 2.05) is 0 Å². The molecule has 0 spiro atoms. The molecule has 3 aromatic carbocycles. The summed E-state index contributed by atoms with van der Waals surface area (Å²) >= 11 is 0. The fourth-order valence-electron chi connectivity index (χ4n) is 4.21. The van der Waals surface area contributed by atoms with Crippen molar-refractivity contribution in [3.05, 3.63) is 52.8 Å². The molecule has 2 N–H and O–H groups in total. The predicted molar refractivity (Wildman–Crippen MR) is 149 cm³/mol. The van der Waals surface area contributed by atoms with Gasteiger partial charge < -0.3 is 33.2 Å². The first-order chi connectivity index (χ1) is 19.4. The summed E-state index contributed by atoms with van der Waals surface area (Å²) in [6.45, 7) is 0. The maximum Gasteiger partial charge on any atom is 0.292 e. The van der Waals surface area contributed by atoms with Gasteiger partial charge in [-0.25, -0.2) is 0 Å². The smallest absolute Gasteiger partial charge is 0.292 e. The second-order valence-electron chi connectivity index (χ2n) is 8.22. The fraction of sp³-hybridized carbons (Fsp3) is 0.250. The Labute approximate surface area is 230 Å². The van der Waals surface area contributed by atoms with E-state index in [0.717, 1.165) is 5.56 Å². The largest absolute Gasteiger partial charge is 0.496 e. The Balaban J connectivity index is 1.78. The molecule has 0 saturated carbocycles. The molecule has 0 saturated heterocycles. The molecular formula is C28H30N4O8. The monoisotopic (exact) mass is 550 g/mol. The van der Waals surface area contributed by atoms with Crippen LogP contribution in [-0.4, -0.2) is 60.0 Å². The third-order valence-corrected chi connectivity index (χ3v) is 6.13. The first kappa shape index (κ1) is 27.9. The zero-order valence-corrected chi connectivity index (χ0v) is 23.2. The van der Waals surface area contributed by atoms with Crippen LogP contribution < -0.4 is 38.7 Å². The standard InChI is InChI=1S/C28H30N4O8/c1-34-19-9-8-17(14-18(19)15-10-20(35-2)26(39-6)21(11-15)36-3)29-31-25-24(30-32-28(25)33)16-12-22(37-4)27(40-7)23(13-16)38-5/h8-14H,1-7H3,(H2,30,32,33). The van der Waals surface area contributed by atoms with Gasteiger partial charge in [-0.15, -0.1) is 5.11 Å². The van der Waals surface area contributed by atoms with Crippen LogP contribution in [0.4, 0.5) is 11.4 Å². The lowest BCUT2D eigenvalue weighted by Gasteiger charge is -2.16. The van der Waals surface area contributed by atoms with E-state index in [9.17, 15) is 4.79 Å². The van der Waals surface area contributed by atoms with Crippen LogP contribution in [0.15, 0.2) is 57.5 Å². The molecule has 1 aromatic heterocycles. The molecule has 0 radical (unpaired) electrons. The minimum absolute atomic E-state index is 0.0689. The van der Waals surface area contributed by atoms with Gasteiger partial charge in [0.1, 0.15) is 5.75 Å². The highest BCUT2D eigenvalue weighted by molar-refractivity contribution is 5.78. The van der Waals surface area contributed by atoms with Gasteiger partial charge in [0.25, 0.3) is 5.56 Å². The summed E-state index contributed by atoms with van der Waals surface area (Å²) in [6, 6.07) is 12.3. The molecule has 4 aromatic rings. The molecule has 210 valence electrons. The second kappa shape index (κ2) is 12.2. The minimum atomic E-state index is -0.453. The molecule has 0 atom stereocenters. The van der Waals surface area contributed by atoms with Gasteiger partial charge in [-0.1, -0.05) is 0 Å². The number of nitrogens with zero attached hydrogens (tertiary/aromatic N) is 2. The highest BCUT2D eigenvalue weighted by Crippen LogP contribution is 2.45. The van der Waals surface area contributed by atoms with Gasteiger partial charge in [-0.2, -0.15) is 5.11 Å². The van der Waals surface area contributed by atoms with Crippen LogP contribution in [-0.2, 0) is 0 Å². The van der Waals surface area contributed by atoms with Crippen LogP contribution in [0, 0.1) is 0 Å². The van der Waals surface area contributed by atoms with E-state index in [2.05, 4.69) is 20.4 Å². The van der Waals surface area contributed by atoms with Crippen molar-refractivity contribution in [1.82, 2.24) is 10.2 Å². The second-order valence-corrected chi connectivity index (χ2v) is 8.22. The quantitative estimate of drug-likeness (QED) is 0.233. The van der Waals surface area contributed by atoms with E-state index >= 15 is 0 Å². The Kier molecular flexibility index (Phi) is 8.48. The van der Waals surface area contributed by atoms with Crippen LogP contribution >= 0.6 is 0 Å². The Hall–Kier alpha value is -5.13. The zero-order valence-electron chi connectivity index (χ0n) is 23.2. The van der Waals surface area contributed by atoms with Gasteiger partial charge in [-0.3, -0.25) is 15.0 Å². The molecule has 1 heterocycles. The predicted octanol–water partition coefficient (Wildman–Crippen LogP) is 5.51. The van der Waals surface area contributed by atoms with Gasteiger partial charge in [0, 0.05) is 11.1 Å². The number of H-pyrrole nitrogens is 2. The van der Waals surface area contributed by atoms with Crippen molar-refractivity contribution in [3.63, 3.8) is 0 Å². The number of rotatable bonds is 11. The number of nitrogens with one attached hydrogen (secondary N) is 2. The molecule has 0 bridgehead atoms. The van der Waals surface area contributed by atoms with Gasteiger partial charge in [0.15, 0.2) is 28.7 Å². The average molecular weight is 551 g/mol. The summed E-state index contributed by atoms with van der Waals surface area (Å²) < 4.78 is 38.3. The van der Waals surface area contributed by atoms with Crippen molar-refractivity contribution in [1.29, 1.82) is 0 Å². The molecule has 4 rings (SSSR count). The summed E-state index contributed by atoms with van der Waals surface area (Å²) in [5.74, 6) is 3.30. The maximum absolute atomic E-state index is 12.7. The summed E-state index contributed by atoms with van der Waals surface area (Å²) in [4.78, 5) is 12.7. The molecule has 0 aliphatic heterocycles. The lowest BCUT2D eigenvalue weighted by molar-refractivity contribution is 0.324. The van der Waals surface area contributed by atoms with Gasteiger partial charge in [0.05, 0.1) is 61.1 Å². The van der Waals surface area contributed by atoms with Crippen molar-refractivity contribution in [2.75, 3.05) is 49.8 Å². The van der Waals surface area contributed by atoms with E-state index in [1.54, 1.807) is 63.8 Å². The summed E-state index contributed by atoms with van der Waals surface area (Å²) in [5, 5.41) is 14.0. The molecule has 0 fully saturated rings. The Morgan fingerprint density at radius 1 is 0.550 bits per heavy atom.